The maximum atomic E-state index is 13.2. The van der Waals surface area contributed by atoms with Gasteiger partial charge in [-0.3, -0.25) is 4.79 Å². The van der Waals surface area contributed by atoms with Crippen molar-refractivity contribution in [3.8, 4) is 0 Å². The molecule has 0 aromatic heterocycles. The van der Waals surface area contributed by atoms with Gasteiger partial charge >= 0.3 is 5.97 Å². The van der Waals surface area contributed by atoms with Crippen molar-refractivity contribution in [3.05, 3.63) is 47.7 Å². The Morgan fingerprint density at radius 2 is 1.74 bits per heavy atom. The van der Waals surface area contributed by atoms with Gasteiger partial charge in [0.05, 0.1) is 16.9 Å². The highest BCUT2D eigenvalue weighted by Gasteiger charge is 2.77. The Kier molecular flexibility index (Phi) is 5.31. The molecule has 3 N–H and O–H groups in total. The molecule has 1 aromatic carbocycles. The molecule has 34 heavy (non-hydrogen) atoms. The van der Waals surface area contributed by atoms with Gasteiger partial charge in [0.15, 0.2) is 0 Å². The Hall–Kier alpha value is -2.18. The van der Waals surface area contributed by atoms with Gasteiger partial charge in [-0.1, -0.05) is 32.0 Å². The molecular formula is C28H36O6. The van der Waals surface area contributed by atoms with Gasteiger partial charge in [0.1, 0.15) is 17.5 Å². The molecule has 0 unspecified atom stereocenters. The third-order valence-electron chi connectivity index (χ3n) is 10.4. The lowest BCUT2D eigenvalue weighted by atomic mass is 9.41. The Balaban J connectivity index is 1.61. The second-order valence-electron chi connectivity index (χ2n) is 11.6. The fraction of sp³-hybridized carbons (Fsp3) is 0.643. The number of aliphatic hydroxyl groups excluding tert-OH is 1. The van der Waals surface area contributed by atoms with Crippen LogP contribution in [0.4, 0.5) is 0 Å². The summed E-state index contributed by atoms with van der Waals surface area (Å²) in [6.45, 7) is 5.50. The third kappa shape index (κ3) is 2.94. The van der Waals surface area contributed by atoms with Gasteiger partial charge in [-0.05, 0) is 80.9 Å². The lowest BCUT2D eigenvalue weighted by molar-refractivity contribution is -0.313. The van der Waals surface area contributed by atoms with Crippen LogP contribution in [0.15, 0.2) is 42.2 Å². The van der Waals surface area contributed by atoms with E-state index in [0.717, 1.165) is 0 Å². The van der Waals surface area contributed by atoms with Crippen molar-refractivity contribution in [2.24, 2.45) is 28.6 Å². The van der Waals surface area contributed by atoms with Crippen LogP contribution in [0.5, 0.6) is 0 Å². The molecule has 0 saturated heterocycles. The lowest BCUT2D eigenvalue weighted by Gasteiger charge is -2.67. The normalized spacial score (nSPS) is 45.4. The Morgan fingerprint density at radius 1 is 1.03 bits per heavy atom. The molecule has 0 radical (unpaired) electrons. The van der Waals surface area contributed by atoms with E-state index in [-0.39, 0.29) is 23.0 Å². The number of ketones is 1. The first-order valence-electron chi connectivity index (χ1n) is 12.6. The average Bonchev–Trinajstić information content (AvgIpc) is 3.10. The van der Waals surface area contributed by atoms with Crippen molar-refractivity contribution in [1.29, 1.82) is 0 Å². The highest BCUT2D eigenvalue weighted by atomic mass is 16.5. The Bertz CT molecular complexity index is 1030. The summed E-state index contributed by atoms with van der Waals surface area (Å²) in [5.74, 6) is -0.900. The zero-order chi connectivity index (χ0) is 24.5. The molecule has 4 aliphatic carbocycles. The number of aliphatic hydroxyl groups is 3. The smallest absolute Gasteiger partial charge is 0.338 e. The quantitative estimate of drug-likeness (QED) is 0.570. The van der Waals surface area contributed by atoms with Gasteiger partial charge in [0, 0.05) is 17.8 Å². The van der Waals surface area contributed by atoms with Crippen LogP contribution in [0, 0.1) is 28.6 Å². The second-order valence-corrected chi connectivity index (χ2v) is 11.6. The molecule has 0 amide bonds. The molecular weight excluding hydrogens is 432 g/mol. The fourth-order valence-electron chi connectivity index (χ4n) is 8.40. The number of ether oxygens (including phenoxy) is 1. The van der Waals surface area contributed by atoms with Crippen molar-refractivity contribution in [1.82, 2.24) is 0 Å². The zero-order valence-corrected chi connectivity index (χ0v) is 20.3. The predicted octanol–water partition coefficient (Wildman–Crippen LogP) is 4.35. The monoisotopic (exact) mass is 468 g/mol. The molecule has 3 fully saturated rings. The summed E-state index contributed by atoms with van der Waals surface area (Å²) in [6, 6.07) is 8.76. The van der Waals surface area contributed by atoms with Crippen molar-refractivity contribution in [2.45, 2.75) is 83.0 Å². The number of hydrogen-bond acceptors (Lipinski definition) is 6. The number of allylic oxidation sites excluding steroid dienone is 2. The van der Waals surface area contributed by atoms with Crippen LogP contribution in [-0.4, -0.2) is 44.4 Å². The van der Waals surface area contributed by atoms with Crippen LogP contribution in [0.1, 0.15) is 76.1 Å². The number of fused-ring (bicyclic) bond motifs is 5. The van der Waals surface area contributed by atoms with Gasteiger partial charge in [0.2, 0.25) is 0 Å². The van der Waals surface area contributed by atoms with Gasteiger partial charge in [0.25, 0.3) is 0 Å². The highest BCUT2D eigenvalue weighted by molar-refractivity contribution is 5.89. The number of rotatable bonds is 3. The summed E-state index contributed by atoms with van der Waals surface area (Å²) in [6.07, 6.45) is 4.58. The van der Waals surface area contributed by atoms with Gasteiger partial charge in [-0.25, -0.2) is 4.79 Å². The molecule has 3 saturated carbocycles. The van der Waals surface area contributed by atoms with Crippen LogP contribution >= 0.6 is 0 Å². The van der Waals surface area contributed by atoms with E-state index in [1.165, 1.54) is 6.92 Å². The van der Waals surface area contributed by atoms with Crippen LogP contribution in [0.25, 0.3) is 0 Å². The Labute approximate surface area is 201 Å². The van der Waals surface area contributed by atoms with Crippen molar-refractivity contribution in [2.75, 3.05) is 0 Å². The maximum Gasteiger partial charge on any atom is 0.338 e. The Morgan fingerprint density at radius 3 is 2.41 bits per heavy atom. The van der Waals surface area contributed by atoms with E-state index < -0.39 is 34.6 Å². The molecule has 8 atom stereocenters. The number of carbonyl (C=O) groups is 2. The van der Waals surface area contributed by atoms with Gasteiger partial charge in [-0.2, -0.15) is 0 Å². The third-order valence-corrected chi connectivity index (χ3v) is 10.4. The molecule has 0 heterocycles. The van der Waals surface area contributed by atoms with E-state index in [1.807, 2.05) is 19.1 Å². The molecule has 6 nitrogen and oxygen atoms in total. The molecule has 6 heteroatoms. The minimum absolute atomic E-state index is 0.0494. The summed E-state index contributed by atoms with van der Waals surface area (Å²) in [4.78, 5) is 25.9. The highest BCUT2D eigenvalue weighted by Crippen LogP contribution is 2.70. The summed E-state index contributed by atoms with van der Waals surface area (Å²) in [7, 11) is 0. The van der Waals surface area contributed by atoms with Crippen molar-refractivity contribution >= 4 is 11.8 Å². The van der Waals surface area contributed by atoms with E-state index in [0.29, 0.717) is 56.3 Å². The number of Topliss-reactive ketones (excluding diaryl/α,β-unsaturated/α-hetero) is 1. The molecule has 0 aliphatic heterocycles. The number of carbonyl (C=O) groups excluding carboxylic acids is 2. The predicted molar refractivity (Wildman–Crippen MR) is 126 cm³/mol. The molecule has 184 valence electrons. The van der Waals surface area contributed by atoms with Crippen LogP contribution in [0.2, 0.25) is 0 Å². The van der Waals surface area contributed by atoms with Crippen molar-refractivity contribution in [3.63, 3.8) is 0 Å². The van der Waals surface area contributed by atoms with Crippen LogP contribution in [0.3, 0.4) is 0 Å². The van der Waals surface area contributed by atoms with E-state index in [1.54, 1.807) is 24.3 Å². The number of benzene rings is 1. The van der Waals surface area contributed by atoms with E-state index >= 15 is 0 Å². The standard InChI is InChI=1S/C28H36O6/c1-17(29)21-11-14-28(33)26(21,3)23(34-24(31)18-7-5-4-6-8-18)16-22-25(2)12-10-20(30)15-19(25)9-13-27(22,28)32/h4-8,15,19,21-23,30,32-33H,9-14,16H2,1-3H3/t19-,21-,22+,23-,25+,26+,27+,28-/m1/s1. The van der Waals surface area contributed by atoms with Crippen LogP contribution < -0.4 is 0 Å². The molecule has 0 spiro atoms. The molecule has 5 rings (SSSR count). The molecule has 1 aromatic rings. The lowest BCUT2D eigenvalue weighted by Crippen LogP contribution is -2.76. The molecule has 4 aliphatic rings. The first kappa shape index (κ1) is 23.6. The van der Waals surface area contributed by atoms with Gasteiger partial charge in [-0.15, -0.1) is 0 Å². The maximum absolute atomic E-state index is 13.2. The van der Waals surface area contributed by atoms with Gasteiger partial charge < -0.3 is 20.1 Å². The largest absolute Gasteiger partial charge is 0.513 e. The van der Waals surface area contributed by atoms with Crippen LogP contribution in [-0.2, 0) is 9.53 Å². The second kappa shape index (κ2) is 7.66. The van der Waals surface area contributed by atoms with E-state index in [2.05, 4.69) is 6.92 Å². The first-order chi connectivity index (χ1) is 16.0. The number of hydrogen-bond donors (Lipinski definition) is 3. The van der Waals surface area contributed by atoms with E-state index in [4.69, 9.17) is 4.74 Å². The summed E-state index contributed by atoms with van der Waals surface area (Å²) >= 11 is 0. The summed E-state index contributed by atoms with van der Waals surface area (Å²) in [5.41, 5.74) is -3.98. The number of esters is 1. The topological polar surface area (TPSA) is 104 Å². The zero-order valence-electron chi connectivity index (χ0n) is 20.3. The van der Waals surface area contributed by atoms with Crippen molar-refractivity contribution < 1.29 is 29.6 Å². The average molecular weight is 469 g/mol. The van der Waals surface area contributed by atoms with E-state index in [9.17, 15) is 24.9 Å². The minimum Gasteiger partial charge on any atom is -0.513 e. The SMILES string of the molecule is CC(=O)[C@H]1CC[C@@]2(O)[C@]1(C)[C@H](OC(=O)c1ccccc1)C[C@H]1[C@@]3(C)CCC(O)=C[C@H]3CC[C@]12O. The summed E-state index contributed by atoms with van der Waals surface area (Å²) in [5, 5.41) is 34.9. The summed E-state index contributed by atoms with van der Waals surface area (Å²) < 4.78 is 6.15. The first-order valence-corrected chi connectivity index (χ1v) is 12.6. The fourth-order valence-corrected chi connectivity index (χ4v) is 8.40. The minimum atomic E-state index is -1.56. The molecule has 0 bridgehead atoms.